The predicted octanol–water partition coefficient (Wildman–Crippen LogP) is 3.57. The number of para-hydroxylation sites is 1. The molecule has 0 aliphatic heterocycles. The summed E-state index contributed by atoms with van der Waals surface area (Å²) in [6.45, 7) is 0.564. The van der Waals surface area contributed by atoms with E-state index in [0.717, 1.165) is 21.3 Å². The van der Waals surface area contributed by atoms with Gasteiger partial charge < -0.3 is 4.90 Å². The number of benzene rings is 1. The second-order valence-electron chi connectivity index (χ2n) is 4.67. The third-order valence-electron chi connectivity index (χ3n) is 3.15. The minimum absolute atomic E-state index is 0.0492. The maximum Gasteiger partial charge on any atom is 0.263 e. The molecule has 4 heteroatoms. The minimum Gasteiger partial charge on any atom is -0.337 e. The smallest absolute Gasteiger partial charge is 0.263 e. The SMILES string of the molecule is CN(Cc1cnc2ccccc2c1)C(=O)c1cccs1. The van der Waals surface area contributed by atoms with Crippen molar-refractivity contribution < 1.29 is 4.79 Å². The quantitative estimate of drug-likeness (QED) is 0.736. The molecule has 2 heterocycles. The fourth-order valence-corrected chi connectivity index (χ4v) is 2.85. The van der Waals surface area contributed by atoms with Crippen LogP contribution < -0.4 is 0 Å². The first-order valence-electron chi connectivity index (χ1n) is 6.37. The normalized spacial score (nSPS) is 10.7. The van der Waals surface area contributed by atoms with Crippen molar-refractivity contribution in [2.45, 2.75) is 6.54 Å². The molecule has 20 heavy (non-hydrogen) atoms. The van der Waals surface area contributed by atoms with Crippen molar-refractivity contribution in [3.05, 3.63) is 64.5 Å². The summed E-state index contributed by atoms with van der Waals surface area (Å²) >= 11 is 1.47. The van der Waals surface area contributed by atoms with E-state index < -0.39 is 0 Å². The standard InChI is InChI=1S/C16H14N2OS/c1-18(16(19)15-7-4-8-20-15)11-12-9-13-5-2-3-6-14(13)17-10-12/h2-10H,11H2,1H3. The Morgan fingerprint density at radius 2 is 2.10 bits per heavy atom. The highest BCUT2D eigenvalue weighted by Gasteiger charge is 2.13. The number of carbonyl (C=O) groups excluding carboxylic acids is 1. The van der Waals surface area contributed by atoms with Crippen LogP contribution in [0.2, 0.25) is 0 Å². The van der Waals surface area contributed by atoms with Crippen molar-refractivity contribution in [2.24, 2.45) is 0 Å². The van der Waals surface area contributed by atoms with Gasteiger partial charge in [0.05, 0.1) is 10.4 Å². The van der Waals surface area contributed by atoms with Gasteiger partial charge in [0.15, 0.2) is 0 Å². The van der Waals surface area contributed by atoms with E-state index in [1.165, 1.54) is 11.3 Å². The second kappa shape index (κ2) is 5.43. The molecule has 0 bridgehead atoms. The molecule has 100 valence electrons. The third kappa shape index (κ3) is 2.56. The first-order valence-corrected chi connectivity index (χ1v) is 7.24. The number of fused-ring (bicyclic) bond motifs is 1. The van der Waals surface area contributed by atoms with Crippen LogP contribution in [0, 0.1) is 0 Å². The summed E-state index contributed by atoms with van der Waals surface area (Å²) in [5, 5.41) is 3.01. The Kier molecular flexibility index (Phi) is 3.48. The van der Waals surface area contributed by atoms with Gasteiger partial charge in [-0.2, -0.15) is 0 Å². The van der Waals surface area contributed by atoms with Gasteiger partial charge in [-0.3, -0.25) is 9.78 Å². The highest BCUT2D eigenvalue weighted by Crippen LogP contribution is 2.16. The molecule has 0 radical (unpaired) electrons. The van der Waals surface area contributed by atoms with Crippen molar-refractivity contribution in [3.8, 4) is 0 Å². The molecule has 0 N–H and O–H groups in total. The van der Waals surface area contributed by atoms with Crippen molar-refractivity contribution in [1.82, 2.24) is 9.88 Å². The van der Waals surface area contributed by atoms with E-state index in [-0.39, 0.29) is 5.91 Å². The van der Waals surface area contributed by atoms with Crippen LogP contribution in [0.5, 0.6) is 0 Å². The Bertz CT molecular complexity index is 737. The van der Waals surface area contributed by atoms with Crippen LogP contribution in [0.1, 0.15) is 15.2 Å². The molecular weight excluding hydrogens is 268 g/mol. The number of hydrogen-bond acceptors (Lipinski definition) is 3. The zero-order valence-corrected chi connectivity index (χ0v) is 11.9. The van der Waals surface area contributed by atoms with E-state index in [4.69, 9.17) is 0 Å². The van der Waals surface area contributed by atoms with E-state index in [9.17, 15) is 4.79 Å². The van der Waals surface area contributed by atoms with Gasteiger partial charge in [0.1, 0.15) is 0 Å². The lowest BCUT2D eigenvalue weighted by molar-refractivity contribution is 0.0790. The van der Waals surface area contributed by atoms with E-state index in [2.05, 4.69) is 11.1 Å². The summed E-state index contributed by atoms with van der Waals surface area (Å²) in [5.41, 5.74) is 2.01. The van der Waals surface area contributed by atoms with Gasteiger partial charge in [-0.15, -0.1) is 11.3 Å². The van der Waals surface area contributed by atoms with Gasteiger partial charge in [0.2, 0.25) is 0 Å². The van der Waals surface area contributed by atoms with Crippen LogP contribution in [0.4, 0.5) is 0 Å². The molecule has 3 aromatic rings. The molecule has 3 nitrogen and oxygen atoms in total. The van der Waals surface area contributed by atoms with Gasteiger partial charge in [0.25, 0.3) is 5.91 Å². The zero-order valence-electron chi connectivity index (χ0n) is 11.1. The zero-order chi connectivity index (χ0) is 13.9. The maximum atomic E-state index is 12.2. The summed E-state index contributed by atoms with van der Waals surface area (Å²) < 4.78 is 0. The van der Waals surface area contributed by atoms with Gasteiger partial charge in [0, 0.05) is 25.2 Å². The summed E-state index contributed by atoms with van der Waals surface area (Å²) in [4.78, 5) is 19.1. The average molecular weight is 282 g/mol. The van der Waals surface area contributed by atoms with E-state index >= 15 is 0 Å². The Balaban J connectivity index is 1.80. The van der Waals surface area contributed by atoms with Crippen molar-refractivity contribution in [1.29, 1.82) is 0 Å². The van der Waals surface area contributed by atoms with Gasteiger partial charge in [-0.05, 0) is 29.1 Å². The van der Waals surface area contributed by atoms with Crippen LogP contribution in [0.25, 0.3) is 10.9 Å². The Hall–Kier alpha value is -2.20. The number of amides is 1. The number of hydrogen-bond donors (Lipinski definition) is 0. The molecule has 0 fully saturated rings. The molecule has 0 unspecified atom stereocenters. The van der Waals surface area contributed by atoms with Crippen molar-refractivity contribution in [3.63, 3.8) is 0 Å². The molecule has 0 spiro atoms. The summed E-state index contributed by atoms with van der Waals surface area (Å²) in [5.74, 6) is 0.0492. The van der Waals surface area contributed by atoms with Crippen LogP contribution in [-0.2, 0) is 6.54 Å². The minimum atomic E-state index is 0.0492. The lowest BCUT2D eigenvalue weighted by Gasteiger charge is -2.16. The average Bonchev–Trinajstić information content (AvgIpc) is 3.00. The van der Waals surface area contributed by atoms with E-state index in [1.54, 1.807) is 4.90 Å². The molecule has 0 saturated carbocycles. The molecule has 0 aliphatic carbocycles. The van der Waals surface area contributed by atoms with Crippen molar-refractivity contribution >= 4 is 28.1 Å². The Morgan fingerprint density at radius 3 is 2.90 bits per heavy atom. The molecule has 0 aliphatic rings. The summed E-state index contributed by atoms with van der Waals surface area (Å²) in [6.07, 6.45) is 1.83. The van der Waals surface area contributed by atoms with Crippen LogP contribution >= 0.6 is 11.3 Å². The van der Waals surface area contributed by atoms with Crippen LogP contribution in [-0.4, -0.2) is 22.8 Å². The number of thiophene rings is 1. The third-order valence-corrected chi connectivity index (χ3v) is 4.00. The number of nitrogens with zero attached hydrogens (tertiary/aromatic N) is 2. The topological polar surface area (TPSA) is 33.2 Å². The molecule has 1 amide bonds. The fraction of sp³-hybridized carbons (Fsp3) is 0.125. The Labute approximate surface area is 121 Å². The molecule has 0 atom stereocenters. The lowest BCUT2D eigenvalue weighted by atomic mass is 10.1. The fourth-order valence-electron chi connectivity index (χ4n) is 2.14. The monoisotopic (exact) mass is 282 g/mol. The Morgan fingerprint density at radius 1 is 1.25 bits per heavy atom. The highest BCUT2D eigenvalue weighted by atomic mass is 32.1. The molecule has 0 saturated heterocycles. The first kappa shape index (κ1) is 12.8. The molecule has 3 rings (SSSR count). The number of rotatable bonds is 3. The molecule has 1 aromatic carbocycles. The maximum absolute atomic E-state index is 12.2. The van der Waals surface area contributed by atoms with Crippen molar-refractivity contribution in [2.75, 3.05) is 7.05 Å². The molecule has 2 aromatic heterocycles. The predicted molar refractivity (Wildman–Crippen MR) is 81.9 cm³/mol. The summed E-state index contributed by atoms with van der Waals surface area (Å²) in [6, 6.07) is 13.8. The first-order chi connectivity index (χ1) is 9.74. The second-order valence-corrected chi connectivity index (χ2v) is 5.62. The van der Waals surface area contributed by atoms with Gasteiger partial charge in [-0.25, -0.2) is 0 Å². The summed E-state index contributed by atoms with van der Waals surface area (Å²) in [7, 11) is 1.82. The highest BCUT2D eigenvalue weighted by molar-refractivity contribution is 7.12. The van der Waals surface area contributed by atoms with E-state index in [1.807, 2.05) is 55.0 Å². The lowest BCUT2D eigenvalue weighted by Crippen LogP contribution is -2.25. The number of aromatic nitrogens is 1. The van der Waals surface area contributed by atoms with E-state index in [0.29, 0.717) is 6.54 Å². The van der Waals surface area contributed by atoms with Crippen LogP contribution in [0.15, 0.2) is 54.0 Å². The van der Waals surface area contributed by atoms with Gasteiger partial charge in [-0.1, -0.05) is 24.3 Å². The number of pyridine rings is 1. The van der Waals surface area contributed by atoms with Crippen LogP contribution in [0.3, 0.4) is 0 Å². The number of carbonyl (C=O) groups is 1. The molecular formula is C16H14N2OS. The van der Waals surface area contributed by atoms with Gasteiger partial charge >= 0.3 is 0 Å². The largest absolute Gasteiger partial charge is 0.337 e.